The lowest BCUT2D eigenvalue weighted by molar-refractivity contribution is 0.142. The molecular weight excluding hydrogens is 354 g/mol. The Balaban J connectivity index is 2.06. The van der Waals surface area contributed by atoms with Crippen LogP contribution in [0.5, 0.6) is 0 Å². The number of rotatable bonds is 7. The van der Waals surface area contributed by atoms with E-state index in [9.17, 15) is 0 Å². The first-order valence-corrected chi connectivity index (χ1v) is 8.11. The number of ether oxygens (including phenoxy) is 1. The lowest BCUT2D eigenvalue weighted by Gasteiger charge is -2.10. The van der Waals surface area contributed by atoms with Gasteiger partial charge in [-0.15, -0.1) is 0 Å². The van der Waals surface area contributed by atoms with Crippen LogP contribution in [0.4, 0.5) is 11.6 Å². The van der Waals surface area contributed by atoms with E-state index < -0.39 is 0 Å². The maximum Gasteiger partial charge on any atom is 0.207 e. The van der Waals surface area contributed by atoms with Crippen molar-refractivity contribution >= 4 is 39.2 Å². The molecule has 114 valence electrons. The summed E-state index contributed by atoms with van der Waals surface area (Å²) < 4.78 is 8.35. The van der Waals surface area contributed by atoms with Crippen LogP contribution in [0, 0.1) is 6.92 Å². The van der Waals surface area contributed by atoms with E-state index in [2.05, 4.69) is 30.8 Å². The quantitative estimate of drug-likeness (QED) is 0.711. The zero-order chi connectivity index (χ0) is 15.2. The molecule has 4 nitrogen and oxygen atoms in total. The summed E-state index contributed by atoms with van der Waals surface area (Å²) in [7, 11) is 0. The zero-order valence-electron chi connectivity index (χ0n) is 12.2. The molecule has 2 rings (SSSR count). The van der Waals surface area contributed by atoms with Gasteiger partial charge in [0.25, 0.3) is 0 Å². The molecule has 0 aliphatic carbocycles. The van der Waals surface area contributed by atoms with Crippen LogP contribution >= 0.6 is 27.5 Å². The van der Waals surface area contributed by atoms with Crippen LogP contribution in [0.3, 0.4) is 0 Å². The molecule has 0 saturated carbocycles. The molecule has 6 heteroatoms. The van der Waals surface area contributed by atoms with Crippen molar-refractivity contribution in [2.45, 2.75) is 26.8 Å². The number of aryl methyl sites for hydroxylation is 2. The Morgan fingerprint density at radius 3 is 2.95 bits per heavy atom. The largest absolute Gasteiger partial charge is 0.382 e. The molecule has 1 N–H and O–H groups in total. The summed E-state index contributed by atoms with van der Waals surface area (Å²) in [6, 6.07) is 5.75. The number of halogens is 2. The molecule has 0 fully saturated rings. The van der Waals surface area contributed by atoms with Crippen molar-refractivity contribution < 1.29 is 4.74 Å². The lowest BCUT2D eigenvalue weighted by atomic mass is 10.3. The summed E-state index contributed by atoms with van der Waals surface area (Å²) in [5.74, 6) is 0.822. The van der Waals surface area contributed by atoms with Crippen LogP contribution < -0.4 is 5.32 Å². The van der Waals surface area contributed by atoms with Gasteiger partial charge >= 0.3 is 0 Å². The van der Waals surface area contributed by atoms with E-state index >= 15 is 0 Å². The zero-order valence-corrected chi connectivity index (χ0v) is 14.5. The molecular formula is C15H19BrClN3O. The normalized spacial score (nSPS) is 10.9. The highest BCUT2D eigenvalue weighted by Crippen LogP contribution is 2.27. The van der Waals surface area contributed by atoms with Gasteiger partial charge in [-0.3, -0.25) is 0 Å². The molecule has 0 aliphatic heterocycles. The van der Waals surface area contributed by atoms with Crippen molar-refractivity contribution in [1.82, 2.24) is 9.55 Å². The molecule has 1 aromatic heterocycles. The fourth-order valence-corrected chi connectivity index (χ4v) is 2.43. The third kappa shape index (κ3) is 4.73. The highest BCUT2D eigenvalue weighted by molar-refractivity contribution is 9.10. The van der Waals surface area contributed by atoms with Crippen molar-refractivity contribution in [1.29, 1.82) is 0 Å². The fourth-order valence-electron chi connectivity index (χ4n) is 2.00. The number of hydrogen-bond acceptors (Lipinski definition) is 3. The number of benzene rings is 1. The molecule has 0 atom stereocenters. The van der Waals surface area contributed by atoms with Gasteiger partial charge in [0.2, 0.25) is 5.95 Å². The number of nitrogens with zero attached hydrogens (tertiary/aromatic N) is 2. The Kier molecular flexibility index (Phi) is 6.08. The molecule has 0 saturated heterocycles. The van der Waals surface area contributed by atoms with E-state index in [0.717, 1.165) is 48.0 Å². The Morgan fingerprint density at radius 2 is 2.24 bits per heavy atom. The molecule has 0 spiro atoms. The second-order valence-corrected chi connectivity index (χ2v) is 5.97. The summed E-state index contributed by atoms with van der Waals surface area (Å²) in [5, 5.41) is 3.98. The third-order valence-electron chi connectivity index (χ3n) is 2.96. The minimum Gasteiger partial charge on any atom is -0.382 e. The number of hydrogen-bond donors (Lipinski definition) is 1. The van der Waals surface area contributed by atoms with Gasteiger partial charge in [0, 0.05) is 36.1 Å². The predicted molar refractivity (Wildman–Crippen MR) is 90.5 cm³/mol. The summed E-state index contributed by atoms with van der Waals surface area (Å²) in [5.41, 5.74) is 1.90. The van der Waals surface area contributed by atoms with Crippen molar-refractivity contribution in [3.05, 3.63) is 39.6 Å². The van der Waals surface area contributed by atoms with Crippen molar-refractivity contribution in [3.63, 3.8) is 0 Å². The molecule has 1 aromatic carbocycles. The summed E-state index contributed by atoms with van der Waals surface area (Å²) in [6.45, 7) is 6.38. The minimum atomic E-state index is 0.672. The Hall–Kier alpha value is -1.04. The van der Waals surface area contributed by atoms with E-state index in [4.69, 9.17) is 16.3 Å². The average Bonchev–Trinajstić information content (AvgIpc) is 2.79. The fraction of sp³-hybridized carbons (Fsp3) is 0.400. The maximum atomic E-state index is 6.11. The van der Waals surface area contributed by atoms with Crippen LogP contribution in [0.25, 0.3) is 0 Å². The summed E-state index contributed by atoms with van der Waals surface area (Å²) >= 11 is 9.50. The van der Waals surface area contributed by atoms with Gasteiger partial charge in [0.05, 0.1) is 10.7 Å². The first-order chi connectivity index (χ1) is 10.1. The van der Waals surface area contributed by atoms with Crippen LogP contribution in [0.15, 0.2) is 28.9 Å². The van der Waals surface area contributed by atoms with E-state index in [0.29, 0.717) is 5.02 Å². The van der Waals surface area contributed by atoms with Gasteiger partial charge in [-0.05, 0) is 54.4 Å². The van der Waals surface area contributed by atoms with Gasteiger partial charge < -0.3 is 14.6 Å². The Labute approximate surface area is 138 Å². The van der Waals surface area contributed by atoms with Crippen molar-refractivity contribution in [2.24, 2.45) is 0 Å². The first-order valence-electron chi connectivity index (χ1n) is 6.93. The highest BCUT2D eigenvalue weighted by atomic mass is 79.9. The van der Waals surface area contributed by atoms with Gasteiger partial charge in [-0.2, -0.15) is 0 Å². The maximum absolute atomic E-state index is 6.11. The summed E-state index contributed by atoms with van der Waals surface area (Å²) in [4.78, 5) is 4.51. The number of anilines is 2. The van der Waals surface area contributed by atoms with Crippen LogP contribution in [0.2, 0.25) is 5.02 Å². The van der Waals surface area contributed by atoms with Gasteiger partial charge in [0.1, 0.15) is 0 Å². The van der Waals surface area contributed by atoms with Gasteiger partial charge in [-0.25, -0.2) is 4.98 Å². The average molecular weight is 373 g/mol. The first kappa shape index (κ1) is 16.3. The topological polar surface area (TPSA) is 39.1 Å². The van der Waals surface area contributed by atoms with E-state index in [1.54, 1.807) is 0 Å². The molecule has 1 heterocycles. The summed E-state index contributed by atoms with van der Waals surface area (Å²) in [6.07, 6.45) is 2.99. The monoisotopic (exact) mass is 371 g/mol. The Morgan fingerprint density at radius 1 is 1.43 bits per heavy atom. The molecule has 0 bridgehead atoms. The van der Waals surface area contributed by atoms with Crippen molar-refractivity contribution in [2.75, 3.05) is 18.5 Å². The standard InChI is InChI=1S/C15H19BrClN3O/c1-3-21-8-4-7-20-10-11(2)18-15(20)19-12-5-6-13(16)14(17)9-12/h5-6,9-10H,3-4,7-8H2,1-2H3,(H,18,19). The SMILES string of the molecule is CCOCCCn1cc(C)nc1Nc1ccc(Br)c(Cl)c1. The molecule has 21 heavy (non-hydrogen) atoms. The van der Waals surface area contributed by atoms with Gasteiger partial charge in [0.15, 0.2) is 0 Å². The predicted octanol–water partition coefficient (Wildman–Crippen LogP) is 4.78. The second kappa shape index (κ2) is 7.82. The van der Waals surface area contributed by atoms with Crippen LogP contribution in [-0.4, -0.2) is 22.8 Å². The van der Waals surface area contributed by atoms with E-state index in [1.807, 2.05) is 38.2 Å². The molecule has 2 aromatic rings. The van der Waals surface area contributed by atoms with Crippen LogP contribution in [-0.2, 0) is 11.3 Å². The molecule has 0 radical (unpaired) electrons. The smallest absolute Gasteiger partial charge is 0.207 e. The Bertz CT molecular complexity index is 601. The molecule has 0 aliphatic rings. The lowest BCUT2D eigenvalue weighted by Crippen LogP contribution is -2.06. The molecule has 0 unspecified atom stereocenters. The van der Waals surface area contributed by atoms with Crippen LogP contribution in [0.1, 0.15) is 19.0 Å². The van der Waals surface area contributed by atoms with E-state index in [-0.39, 0.29) is 0 Å². The third-order valence-corrected chi connectivity index (χ3v) is 4.20. The number of nitrogens with one attached hydrogen (secondary N) is 1. The van der Waals surface area contributed by atoms with E-state index in [1.165, 1.54) is 0 Å². The number of imidazole rings is 1. The van der Waals surface area contributed by atoms with Gasteiger partial charge in [-0.1, -0.05) is 11.6 Å². The minimum absolute atomic E-state index is 0.672. The molecule has 0 amide bonds. The number of aromatic nitrogens is 2. The second-order valence-electron chi connectivity index (χ2n) is 4.70. The highest BCUT2D eigenvalue weighted by Gasteiger charge is 2.07. The van der Waals surface area contributed by atoms with Crippen molar-refractivity contribution in [3.8, 4) is 0 Å².